The molecule has 0 aliphatic rings. The molecule has 0 aliphatic carbocycles. The maximum absolute atomic E-state index is 6.87. The lowest BCUT2D eigenvalue weighted by molar-refractivity contribution is 0.549. The molecule has 6 aromatic heterocycles. The smallest absolute Gasteiger partial charge is 0.144 e. The van der Waals surface area contributed by atoms with Gasteiger partial charge in [0.25, 0.3) is 0 Å². The summed E-state index contributed by atoms with van der Waals surface area (Å²) < 4.78 is 13.7. The van der Waals surface area contributed by atoms with Crippen molar-refractivity contribution in [1.82, 2.24) is 9.97 Å². The first-order valence-corrected chi connectivity index (χ1v) is 14.5. The van der Waals surface area contributed by atoms with E-state index in [1.807, 2.05) is 51.1 Å². The van der Waals surface area contributed by atoms with E-state index in [1.54, 1.807) is 35.1 Å². The van der Waals surface area contributed by atoms with E-state index < -0.39 is 0 Å². The molecule has 0 saturated carbocycles. The molecule has 0 unspecified atom stereocenters. The van der Waals surface area contributed by atoms with Gasteiger partial charge in [0, 0.05) is 33.8 Å². The first-order chi connectivity index (χ1) is 18.8. The number of nitrogens with two attached hydrogens (primary N) is 1. The summed E-state index contributed by atoms with van der Waals surface area (Å²) in [5, 5.41) is 1.89. The molecule has 6 heterocycles. The van der Waals surface area contributed by atoms with Crippen LogP contribution in [-0.4, -0.2) is 9.97 Å². The normalized spacial score (nSPS) is 13.6. The van der Waals surface area contributed by atoms with Gasteiger partial charge in [-0.05, 0) is 74.5 Å². The van der Waals surface area contributed by atoms with E-state index >= 15 is 0 Å². The highest BCUT2D eigenvalue weighted by Gasteiger charge is 2.20. The van der Waals surface area contributed by atoms with Crippen LogP contribution in [0.5, 0.6) is 0 Å². The maximum Gasteiger partial charge on any atom is 0.144 e. The van der Waals surface area contributed by atoms with Gasteiger partial charge in [0.05, 0.1) is 35.7 Å². The van der Waals surface area contributed by atoms with Gasteiger partial charge in [0.15, 0.2) is 0 Å². The molecule has 6 aromatic rings. The number of thiophene rings is 2. The average molecular weight is 593 g/mol. The van der Waals surface area contributed by atoms with Gasteiger partial charge >= 0.3 is 0 Å². The van der Waals surface area contributed by atoms with E-state index in [9.17, 15) is 0 Å². The van der Waals surface area contributed by atoms with Gasteiger partial charge in [-0.2, -0.15) is 0 Å². The Hall–Kier alpha value is -3.49. The third kappa shape index (κ3) is 4.87. The number of H-pyrrole nitrogens is 1. The summed E-state index contributed by atoms with van der Waals surface area (Å²) in [4.78, 5) is 9.74. The molecule has 0 fully saturated rings. The largest absolute Gasteiger partial charge is 0.461 e. The molecule has 0 spiro atoms. The first kappa shape index (κ1) is 25.8. The van der Waals surface area contributed by atoms with Crippen LogP contribution in [0.15, 0.2) is 69.4 Å². The van der Waals surface area contributed by atoms with Gasteiger partial charge in [-0.25, -0.2) is 0 Å². The lowest BCUT2D eigenvalue weighted by Gasteiger charge is -2.12. The van der Waals surface area contributed by atoms with Crippen LogP contribution < -0.4 is 15.5 Å². The Kier molecular flexibility index (Phi) is 6.77. The minimum atomic E-state index is 0.416. The van der Waals surface area contributed by atoms with Gasteiger partial charge in [-0.3, -0.25) is 4.98 Å². The van der Waals surface area contributed by atoms with E-state index in [4.69, 9.17) is 37.8 Å². The number of allylic oxidation sites excluding steroid dienone is 1. The number of nitrogens with zero attached hydrogens (tertiary/aromatic N) is 1. The molecule has 5 nitrogen and oxygen atoms in total. The number of hydrogen-bond acceptors (Lipinski definition) is 6. The van der Waals surface area contributed by atoms with Gasteiger partial charge in [0.2, 0.25) is 0 Å². The highest BCUT2D eigenvalue weighted by atomic mass is 35.5. The lowest BCUT2D eigenvalue weighted by atomic mass is 10.0. The number of aromatic amines is 1. The van der Waals surface area contributed by atoms with Gasteiger partial charge < -0.3 is 19.6 Å². The number of hydrogen-bond donors (Lipinski definition) is 2. The standard InChI is InChI=1S/C30H23Cl2N3O2S2/c1-4-17-9-27(23-7-5-15(2)36-23)38-25(17)10-20(33)30(29-18(31)13-34-14-19(29)32)22-12-26-21(35-22)11-28(39-26)24-8-6-16(3)37-24/h4-14,35H,33H2,1-3H3/b17-4+,25-10+,30-20+. The molecular weight excluding hydrogens is 569 g/mol. The number of aryl methyl sites for hydroxylation is 2. The monoisotopic (exact) mass is 591 g/mol. The van der Waals surface area contributed by atoms with Crippen LogP contribution in [0.2, 0.25) is 10.0 Å². The molecule has 0 atom stereocenters. The van der Waals surface area contributed by atoms with E-state index in [1.165, 1.54) is 0 Å². The fraction of sp³-hybridized carbons (Fsp3) is 0.100. The van der Waals surface area contributed by atoms with Crippen molar-refractivity contribution in [3.8, 4) is 21.3 Å². The second-order valence-corrected chi connectivity index (χ2v) is 12.0. The highest BCUT2D eigenvalue weighted by Crippen LogP contribution is 2.40. The van der Waals surface area contributed by atoms with Crippen molar-refractivity contribution in [1.29, 1.82) is 0 Å². The quantitative estimate of drug-likeness (QED) is 0.212. The van der Waals surface area contributed by atoms with Crippen LogP contribution in [0.25, 0.3) is 49.2 Å². The summed E-state index contributed by atoms with van der Waals surface area (Å²) >= 11 is 16.6. The average Bonchev–Trinajstić information content (AvgIpc) is 3.70. The Bertz CT molecular complexity index is 1950. The van der Waals surface area contributed by atoms with Gasteiger partial charge in [-0.1, -0.05) is 29.3 Å². The Morgan fingerprint density at radius 3 is 2.13 bits per heavy atom. The van der Waals surface area contributed by atoms with E-state index in [0.29, 0.717) is 26.9 Å². The molecule has 0 saturated heterocycles. The third-order valence-corrected chi connectivity index (χ3v) is 9.10. The van der Waals surface area contributed by atoms with Crippen molar-refractivity contribution >= 4 is 73.8 Å². The summed E-state index contributed by atoms with van der Waals surface area (Å²) in [6.07, 6.45) is 7.18. The molecule has 0 aromatic carbocycles. The number of aromatic nitrogens is 2. The molecule has 39 heavy (non-hydrogen) atoms. The zero-order valence-corrected chi connectivity index (χ0v) is 24.4. The van der Waals surface area contributed by atoms with E-state index in [2.05, 4.69) is 34.2 Å². The summed E-state index contributed by atoms with van der Waals surface area (Å²) in [5.41, 5.74) is 10.5. The number of pyridine rings is 1. The van der Waals surface area contributed by atoms with E-state index in [-0.39, 0.29) is 0 Å². The summed E-state index contributed by atoms with van der Waals surface area (Å²) in [7, 11) is 0. The summed E-state index contributed by atoms with van der Waals surface area (Å²) in [5.74, 6) is 3.42. The van der Waals surface area contributed by atoms with Crippen LogP contribution in [-0.2, 0) is 0 Å². The maximum atomic E-state index is 6.87. The number of rotatable bonds is 5. The summed E-state index contributed by atoms with van der Waals surface area (Å²) in [6.45, 7) is 5.88. The van der Waals surface area contributed by atoms with Crippen LogP contribution in [0.4, 0.5) is 0 Å². The number of furan rings is 2. The predicted octanol–water partition coefficient (Wildman–Crippen LogP) is 8.13. The molecule has 0 amide bonds. The lowest BCUT2D eigenvalue weighted by Crippen LogP contribution is -2.19. The van der Waals surface area contributed by atoms with Crippen LogP contribution >= 0.6 is 45.9 Å². The third-order valence-electron chi connectivity index (χ3n) is 6.32. The molecule has 196 valence electrons. The Labute approximate surface area is 242 Å². The Balaban J connectivity index is 1.54. The minimum Gasteiger partial charge on any atom is -0.461 e. The Morgan fingerprint density at radius 2 is 1.56 bits per heavy atom. The molecule has 0 aliphatic heterocycles. The SMILES string of the molecule is C\C=c1/cc(-c2ccc(C)o2)s/c1=C/C(N)=C(/c1cc2sc(-c3ccc(C)o3)cc2[nH]1)c1c(Cl)cncc1Cl. The van der Waals surface area contributed by atoms with Crippen molar-refractivity contribution < 1.29 is 8.83 Å². The molecular formula is C30H23Cl2N3O2S2. The molecule has 9 heteroatoms. The molecule has 3 N–H and O–H groups in total. The fourth-order valence-corrected chi connectivity index (χ4v) is 7.18. The number of nitrogens with one attached hydrogen (secondary N) is 1. The number of halogens is 2. The van der Waals surface area contributed by atoms with Crippen molar-refractivity contribution in [3.05, 3.63) is 103 Å². The van der Waals surface area contributed by atoms with Crippen molar-refractivity contribution in [2.75, 3.05) is 0 Å². The zero-order valence-electron chi connectivity index (χ0n) is 21.3. The second kappa shape index (κ2) is 10.2. The zero-order chi connectivity index (χ0) is 27.3. The molecule has 0 bridgehead atoms. The van der Waals surface area contributed by atoms with Gasteiger partial charge in [-0.15, -0.1) is 22.7 Å². The minimum absolute atomic E-state index is 0.416. The molecule has 6 rings (SSSR count). The van der Waals surface area contributed by atoms with Crippen molar-refractivity contribution in [2.45, 2.75) is 20.8 Å². The van der Waals surface area contributed by atoms with Crippen LogP contribution in [0, 0.1) is 13.8 Å². The summed E-state index contributed by atoms with van der Waals surface area (Å²) in [6, 6.07) is 14.1. The highest BCUT2D eigenvalue weighted by molar-refractivity contribution is 7.22. The predicted molar refractivity (Wildman–Crippen MR) is 164 cm³/mol. The van der Waals surface area contributed by atoms with E-state index in [0.717, 1.165) is 58.5 Å². The van der Waals surface area contributed by atoms with Crippen molar-refractivity contribution in [2.24, 2.45) is 5.73 Å². The Morgan fingerprint density at radius 1 is 0.923 bits per heavy atom. The van der Waals surface area contributed by atoms with Gasteiger partial charge in [0.1, 0.15) is 23.0 Å². The fourth-order valence-electron chi connectivity index (χ4n) is 4.49. The first-order valence-electron chi connectivity index (χ1n) is 12.1. The van der Waals surface area contributed by atoms with Crippen LogP contribution in [0.1, 0.15) is 29.7 Å². The number of fused-ring (bicyclic) bond motifs is 1. The van der Waals surface area contributed by atoms with Crippen molar-refractivity contribution in [3.63, 3.8) is 0 Å². The van der Waals surface area contributed by atoms with Crippen LogP contribution in [0.3, 0.4) is 0 Å². The molecule has 0 radical (unpaired) electrons. The topological polar surface area (TPSA) is 81.0 Å². The second-order valence-electron chi connectivity index (χ2n) is 9.06.